The second kappa shape index (κ2) is 6.41. The van der Waals surface area contributed by atoms with Gasteiger partial charge in [-0.1, -0.05) is 0 Å². The molecule has 0 radical (unpaired) electrons. The van der Waals surface area contributed by atoms with Gasteiger partial charge in [0.1, 0.15) is 0 Å². The molecule has 1 aromatic rings. The highest BCUT2D eigenvalue weighted by Crippen LogP contribution is 2.29. The summed E-state index contributed by atoms with van der Waals surface area (Å²) in [4.78, 5) is 5.62. The maximum atomic E-state index is 12.3. The van der Waals surface area contributed by atoms with Crippen molar-refractivity contribution in [2.75, 3.05) is 40.3 Å². The zero-order valence-electron chi connectivity index (χ0n) is 11.9. The van der Waals surface area contributed by atoms with Gasteiger partial charge in [-0.3, -0.25) is 4.90 Å². The lowest BCUT2D eigenvalue weighted by atomic mass is 10.2. The Bertz CT molecular complexity index is 573. The molecule has 0 aliphatic carbocycles. The third-order valence-electron chi connectivity index (χ3n) is 3.62. The topological polar surface area (TPSA) is 52.7 Å². The molecule has 1 aromatic heterocycles. The van der Waals surface area contributed by atoms with Crippen molar-refractivity contribution in [1.29, 1.82) is 0 Å². The number of piperazine rings is 1. The van der Waals surface area contributed by atoms with Crippen molar-refractivity contribution in [2.24, 2.45) is 0 Å². The minimum atomic E-state index is -3.43. The van der Waals surface area contributed by atoms with Gasteiger partial charge in [0, 0.05) is 37.1 Å². The van der Waals surface area contributed by atoms with E-state index in [9.17, 15) is 8.42 Å². The molecule has 0 bridgehead atoms. The molecular formula is C12H20BrN3O2S2. The highest BCUT2D eigenvalue weighted by molar-refractivity contribution is 9.11. The van der Waals surface area contributed by atoms with E-state index in [1.54, 1.807) is 6.07 Å². The molecular weight excluding hydrogens is 362 g/mol. The predicted octanol–water partition coefficient (Wildman–Crippen LogP) is 1.34. The Morgan fingerprint density at radius 3 is 2.75 bits per heavy atom. The van der Waals surface area contributed by atoms with E-state index in [4.69, 9.17) is 0 Å². The van der Waals surface area contributed by atoms with Gasteiger partial charge in [0.25, 0.3) is 0 Å². The predicted molar refractivity (Wildman–Crippen MR) is 85.9 cm³/mol. The van der Waals surface area contributed by atoms with Crippen LogP contribution in [0.4, 0.5) is 0 Å². The first kappa shape index (κ1) is 16.4. The fraction of sp³-hybridized carbons (Fsp3) is 0.667. The first-order valence-corrected chi connectivity index (χ1v) is 9.53. The van der Waals surface area contributed by atoms with Crippen LogP contribution >= 0.6 is 27.3 Å². The third kappa shape index (κ3) is 3.80. The molecule has 8 heteroatoms. The fourth-order valence-electron chi connectivity index (χ4n) is 2.30. The summed E-state index contributed by atoms with van der Waals surface area (Å²) in [6.07, 6.45) is 0. The van der Waals surface area contributed by atoms with Gasteiger partial charge in [0.2, 0.25) is 10.0 Å². The smallest absolute Gasteiger partial charge is 0.241 e. The molecule has 1 unspecified atom stereocenters. The normalized spacial score (nSPS) is 22.3. The quantitative estimate of drug-likeness (QED) is 0.854. The molecule has 5 nitrogen and oxygen atoms in total. The van der Waals surface area contributed by atoms with Crippen LogP contribution in [0.15, 0.2) is 14.7 Å². The average molecular weight is 382 g/mol. The van der Waals surface area contributed by atoms with E-state index in [0.717, 1.165) is 28.3 Å². The summed E-state index contributed by atoms with van der Waals surface area (Å²) in [6.45, 7) is 5.13. The summed E-state index contributed by atoms with van der Waals surface area (Å²) >= 11 is 4.77. The second-order valence-electron chi connectivity index (χ2n) is 5.22. The largest absolute Gasteiger partial charge is 0.303 e. The van der Waals surface area contributed by atoms with Crippen LogP contribution in [0.25, 0.3) is 0 Å². The molecule has 1 atom stereocenters. The summed E-state index contributed by atoms with van der Waals surface area (Å²) in [5.41, 5.74) is 0. The monoisotopic (exact) mass is 381 g/mol. The zero-order valence-corrected chi connectivity index (χ0v) is 15.1. The fourth-order valence-corrected chi connectivity index (χ4v) is 5.79. The molecule has 0 spiro atoms. The lowest BCUT2D eigenvalue weighted by Crippen LogP contribution is -2.54. The molecule has 1 aliphatic heterocycles. The average Bonchev–Trinajstić information content (AvgIpc) is 2.70. The van der Waals surface area contributed by atoms with E-state index < -0.39 is 10.0 Å². The maximum Gasteiger partial charge on any atom is 0.241 e. The molecule has 1 aliphatic rings. The van der Waals surface area contributed by atoms with Crippen LogP contribution in [0.5, 0.6) is 0 Å². The van der Waals surface area contributed by atoms with Crippen molar-refractivity contribution in [2.45, 2.75) is 17.9 Å². The lowest BCUT2D eigenvalue weighted by Gasteiger charge is -2.37. The van der Waals surface area contributed by atoms with Crippen molar-refractivity contribution in [3.05, 3.63) is 14.7 Å². The maximum absolute atomic E-state index is 12.3. The van der Waals surface area contributed by atoms with Crippen LogP contribution in [-0.4, -0.2) is 64.5 Å². The number of rotatable bonds is 4. The van der Waals surface area contributed by atoms with Crippen LogP contribution in [0.2, 0.25) is 0 Å². The molecule has 1 fully saturated rings. The Morgan fingerprint density at radius 2 is 2.15 bits per heavy atom. The minimum absolute atomic E-state index is 0.214. The van der Waals surface area contributed by atoms with Gasteiger partial charge in [-0.25, -0.2) is 13.1 Å². The molecule has 0 amide bonds. The molecule has 2 heterocycles. The standard InChI is InChI=1S/C12H20BrN3O2S2/c1-9-11(6-12(13)19-9)20(17,18)14-7-10-8-15(2)4-5-16(10)3/h6,10,14H,4-5,7-8H2,1-3H3. The number of likely N-dealkylation sites (N-methyl/N-ethyl adjacent to an activating group) is 2. The van der Waals surface area contributed by atoms with Crippen LogP contribution in [-0.2, 0) is 10.0 Å². The van der Waals surface area contributed by atoms with E-state index in [2.05, 4.69) is 37.5 Å². The van der Waals surface area contributed by atoms with Gasteiger partial charge in [0.05, 0.1) is 8.68 Å². The van der Waals surface area contributed by atoms with Gasteiger partial charge in [-0.2, -0.15) is 0 Å². The van der Waals surface area contributed by atoms with Crippen molar-refractivity contribution in [1.82, 2.24) is 14.5 Å². The van der Waals surface area contributed by atoms with Crippen LogP contribution in [0.3, 0.4) is 0 Å². The van der Waals surface area contributed by atoms with E-state index in [1.807, 2.05) is 14.0 Å². The van der Waals surface area contributed by atoms with E-state index in [1.165, 1.54) is 11.3 Å². The highest BCUT2D eigenvalue weighted by Gasteiger charge is 2.25. The molecule has 20 heavy (non-hydrogen) atoms. The number of thiophene rings is 1. The molecule has 0 saturated carbocycles. The Hall–Kier alpha value is 0.01000. The van der Waals surface area contributed by atoms with E-state index >= 15 is 0 Å². The van der Waals surface area contributed by atoms with Gasteiger partial charge in [-0.15, -0.1) is 11.3 Å². The first-order valence-electron chi connectivity index (χ1n) is 6.44. The van der Waals surface area contributed by atoms with Crippen LogP contribution < -0.4 is 4.72 Å². The number of aryl methyl sites for hydroxylation is 1. The Balaban J connectivity index is 2.04. The number of nitrogens with zero attached hydrogens (tertiary/aromatic N) is 2. The van der Waals surface area contributed by atoms with Gasteiger partial charge >= 0.3 is 0 Å². The van der Waals surface area contributed by atoms with Gasteiger partial charge in [0.15, 0.2) is 0 Å². The summed E-state index contributed by atoms with van der Waals surface area (Å²) < 4.78 is 28.3. The van der Waals surface area contributed by atoms with Crippen molar-refractivity contribution in [3.8, 4) is 0 Å². The van der Waals surface area contributed by atoms with Crippen LogP contribution in [0, 0.1) is 6.92 Å². The molecule has 0 aromatic carbocycles. The third-order valence-corrected chi connectivity index (χ3v) is 6.85. The second-order valence-corrected chi connectivity index (χ2v) is 9.59. The number of sulfonamides is 1. The number of hydrogen-bond acceptors (Lipinski definition) is 5. The Morgan fingerprint density at radius 1 is 1.45 bits per heavy atom. The molecule has 1 N–H and O–H groups in total. The van der Waals surface area contributed by atoms with E-state index in [-0.39, 0.29) is 6.04 Å². The molecule has 114 valence electrons. The summed E-state index contributed by atoms with van der Waals surface area (Å²) in [5, 5.41) is 0. The van der Waals surface area contributed by atoms with Crippen molar-refractivity contribution >= 4 is 37.3 Å². The Labute approximate surface area is 133 Å². The number of hydrogen-bond donors (Lipinski definition) is 1. The molecule has 1 saturated heterocycles. The molecule has 2 rings (SSSR count). The Kier molecular flexibility index (Phi) is 5.25. The zero-order chi connectivity index (χ0) is 14.9. The van der Waals surface area contributed by atoms with Crippen LogP contribution in [0.1, 0.15) is 4.88 Å². The highest BCUT2D eigenvalue weighted by atomic mass is 79.9. The van der Waals surface area contributed by atoms with Crippen molar-refractivity contribution in [3.63, 3.8) is 0 Å². The van der Waals surface area contributed by atoms with Crippen molar-refractivity contribution < 1.29 is 8.42 Å². The summed E-state index contributed by atoms with van der Waals surface area (Å²) in [5.74, 6) is 0. The summed E-state index contributed by atoms with van der Waals surface area (Å²) in [7, 11) is 0.679. The number of halogens is 1. The first-order chi connectivity index (χ1) is 9.29. The number of nitrogens with one attached hydrogen (secondary N) is 1. The minimum Gasteiger partial charge on any atom is -0.303 e. The van der Waals surface area contributed by atoms with E-state index in [0.29, 0.717) is 11.4 Å². The lowest BCUT2D eigenvalue weighted by molar-refractivity contribution is 0.117. The summed E-state index contributed by atoms with van der Waals surface area (Å²) in [6, 6.07) is 1.88. The van der Waals surface area contributed by atoms with Gasteiger partial charge < -0.3 is 4.90 Å². The SMILES string of the molecule is Cc1sc(Br)cc1S(=O)(=O)NCC1CN(C)CCN1C. The van der Waals surface area contributed by atoms with Gasteiger partial charge in [-0.05, 0) is 43.0 Å².